The van der Waals surface area contributed by atoms with Gasteiger partial charge in [0.05, 0.1) is 23.1 Å². The van der Waals surface area contributed by atoms with Crippen molar-refractivity contribution in [3.8, 4) is 0 Å². The molecule has 6 nitrogen and oxygen atoms in total. The van der Waals surface area contributed by atoms with Gasteiger partial charge < -0.3 is 10.6 Å². The number of carbonyl (C=O) groups is 1. The van der Waals surface area contributed by atoms with E-state index in [1.54, 1.807) is 23.0 Å². The molecule has 0 aliphatic carbocycles. The highest BCUT2D eigenvalue weighted by molar-refractivity contribution is 7.07. The highest BCUT2D eigenvalue weighted by atomic mass is 32.1. The topological polar surface area (TPSA) is 79.8 Å². The number of hydrogen-bond donors (Lipinski definition) is 2. The molecule has 2 heterocycles. The molecule has 0 saturated heterocycles. The first-order chi connectivity index (χ1) is 14.9. The van der Waals surface area contributed by atoms with E-state index in [1.165, 1.54) is 17.4 Å². The van der Waals surface area contributed by atoms with Crippen LogP contribution in [0.4, 0.5) is 19.0 Å². The zero-order chi connectivity index (χ0) is 21.8. The fraction of sp³-hybridized carbons (Fsp3) is 0.143. The molecule has 0 aliphatic rings. The van der Waals surface area contributed by atoms with Gasteiger partial charge in [-0.25, -0.2) is 15.0 Å². The fourth-order valence-electron chi connectivity index (χ4n) is 2.96. The number of carbonyl (C=O) groups excluding carboxylic acids is 1. The third kappa shape index (κ3) is 4.97. The third-order valence-corrected chi connectivity index (χ3v) is 5.02. The molecule has 0 atom stereocenters. The lowest BCUT2D eigenvalue weighted by molar-refractivity contribution is -0.137. The molecule has 2 aromatic carbocycles. The van der Waals surface area contributed by atoms with Crippen molar-refractivity contribution in [2.45, 2.75) is 19.3 Å². The third-order valence-electron chi connectivity index (χ3n) is 4.44. The number of thiazole rings is 1. The van der Waals surface area contributed by atoms with Crippen molar-refractivity contribution < 1.29 is 18.0 Å². The summed E-state index contributed by atoms with van der Waals surface area (Å²) in [5, 5.41) is 8.18. The van der Waals surface area contributed by atoms with Crippen molar-refractivity contribution in [2.24, 2.45) is 0 Å². The zero-order valence-electron chi connectivity index (χ0n) is 16.0. The highest BCUT2D eigenvalue weighted by Gasteiger charge is 2.30. The van der Waals surface area contributed by atoms with Gasteiger partial charge in [-0.2, -0.15) is 13.2 Å². The average Bonchev–Trinajstić information content (AvgIpc) is 3.30. The second kappa shape index (κ2) is 8.68. The lowest BCUT2D eigenvalue weighted by atomic mass is 10.1. The number of anilines is 1. The van der Waals surface area contributed by atoms with Crippen LogP contribution in [0.2, 0.25) is 0 Å². The standard InChI is InChI=1S/C21H16F3N5OS/c22-21(23,24)14-5-3-4-13(8-14)9-25-19-15-6-1-2-7-16(15)28-18(29-19)10-26-20(30)17-11-31-12-27-17/h1-8,11-12H,9-10H2,(H,26,30)(H,25,28,29). The summed E-state index contributed by atoms with van der Waals surface area (Å²) in [5.41, 5.74) is 2.30. The first-order valence-electron chi connectivity index (χ1n) is 9.22. The van der Waals surface area contributed by atoms with E-state index in [1.807, 2.05) is 18.2 Å². The molecular formula is C21H16F3N5OS. The molecule has 0 radical (unpaired) electrons. The Labute approximate surface area is 179 Å². The molecule has 10 heteroatoms. The smallest absolute Gasteiger partial charge is 0.365 e. The summed E-state index contributed by atoms with van der Waals surface area (Å²) in [7, 11) is 0. The van der Waals surface area contributed by atoms with Crippen molar-refractivity contribution in [3.05, 3.63) is 82.1 Å². The van der Waals surface area contributed by atoms with Crippen molar-refractivity contribution in [2.75, 3.05) is 5.32 Å². The van der Waals surface area contributed by atoms with Crippen LogP contribution in [-0.2, 0) is 19.3 Å². The van der Waals surface area contributed by atoms with E-state index in [-0.39, 0.29) is 19.0 Å². The predicted octanol–water partition coefficient (Wildman–Crippen LogP) is 4.65. The maximum atomic E-state index is 13.0. The minimum absolute atomic E-state index is 0.0828. The van der Waals surface area contributed by atoms with E-state index in [4.69, 9.17) is 0 Å². The molecule has 0 bridgehead atoms. The van der Waals surface area contributed by atoms with Gasteiger partial charge in [0.2, 0.25) is 0 Å². The summed E-state index contributed by atoms with van der Waals surface area (Å²) in [4.78, 5) is 25.0. The van der Waals surface area contributed by atoms with E-state index >= 15 is 0 Å². The number of nitrogens with one attached hydrogen (secondary N) is 2. The summed E-state index contributed by atoms with van der Waals surface area (Å²) >= 11 is 1.32. The van der Waals surface area contributed by atoms with Gasteiger partial charge in [0.15, 0.2) is 5.82 Å². The lowest BCUT2D eigenvalue weighted by Gasteiger charge is -2.13. The number of amides is 1. The first-order valence-corrected chi connectivity index (χ1v) is 10.2. The quantitative estimate of drug-likeness (QED) is 0.454. The van der Waals surface area contributed by atoms with Crippen molar-refractivity contribution in [1.82, 2.24) is 20.3 Å². The van der Waals surface area contributed by atoms with Crippen LogP contribution in [0, 0.1) is 0 Å². The SMILES string of the molecule is O=C(NCc1nc(NCc2cccc(C(F)(F)F)c2)c2ccccc2n1)c1cscn1. The van der Waals surface area contributed by atoms with Crippen LogP contribution in [-0.4, -0.2) is 20.9 Å². The number of hydrogen-bond acceptors (Lipinski definition) is 6. The summed E-state index contributed by atoms with van der Waals surface area (Å²) in [6.07, 6.45) is -4.40. The molecule has 0 unspecified atom stereocenters. The number of rotatable bonds is 6. The number of fused-ring (bicyclic) bond motifs is 1. The van der Waals surface area contributed by atoms with Crippen LogP contribution >= 0.6 is 11.3 Å². The number of benzene rings is 2. The van der Waals surface area contributed by atoms with Gasteiger partial charge in [0, 0.05) is 17.3 Å². The Morgan fingerprint density at radius 2 is 1.87 bits per heavy atom. The van der Waals surface area contributed by atoms with Crippen LogP contribution in [0.25, 0.3) is 10.9 Å². The van der Waals surface area contributed by atoms with Gasteiger partial charge in [0.25, 0.3) is 5.91 Å². The first kappa shape index (κ1) is 20.7. The van der Waals surface area contributed by atoms with Crippen LogP contribution in [0.5, 0.6) is 0 Å². The number of alkyl halides is 3. The van der Waals surface area contributed by atoms with Crippen LogP contribution in [0.15, 0.2) is 59.4 Å². The summed E-state index contributed by atoms with van der Waals surface area (Å²) < 4.78 is 38.9. The Bertz CT molecular complexity index is 1210. The number of para-hydroxylation sites is 1. The Balaban J connectivity index is 1.55. The Morgan fingerprint density at radius 3 is 2.65 bits per heavy atom. The molecular weight excluding hydrogens is 427 g/mol. The molecule has 31 heavy (non-hydrogen) atoms. The van der Waals surface area contributed by atoms with E-state index in [2.05, 4.69) is 25.6 Å². The second-order valence-corrected chi connectivity index (χ2v) is 7.33. The molecule has 2 aromatic heterocycles. The second-order valence-electron chi connectivity index (χ2n) is 6.61. The Kier molecular flexibility index (Phi) is 5.81. The maximum Gasteiger partial charge on any atom is 0.416 e. The van der Waals surface area contributed by atoms with E-state index in [0.29, 0.717) is 28.4 Å². The molecule has 4 aromatic rings. The minimum atomic E-state index is -4.40. The molecule has 2 N–H and O–H groups in total. The molecule has 0 spiro atoms. The molecule has 158 valence electrons. The largest absolute Gasteiger partial charge is 0.416 e. The summed E-state index contributed by atoms with van der Waals surface area (Å²) in [6, 6.07) is 12.4. The fourth-order valence-corrected chi connectivity index (χ4v) is 3.49. The van der Waals surface area contributed by atoms with Gasteiger partial charge in [-0.05, 0) is 29.8 Å². The molecule has 4 rings (SSSR count). The zero-order valence-corrected chi connectivity index (χ0v) is 16.8. The van der Waals surface area contributed by atoms with Gasteiger partial charge in [0.1, 0.15) is 11.5 Å². The molecule has 0 fully saturated rings. The highest BCUT2D eigenvalue weighted by Crippen LogP contribution is 2.30. The monoisotopic (exact) mass is 443 g/mol. The van der Waals surface area contributed by atoms with Gasteiger partial charge >= 0.3 is 6.18 Å². The van der Waals surface area contributed by atoms with Crippen LogP contribution in [0.3, 0.4) is 0 Å². The minimum Gasteiger partial charge on any atom is -0.365 e. The summed E-state index contributed by atoms with van der Waals surface area (Å²) in [6.45, 7) is 0.231. The van der Waals surface area contributed by atoms with Crippen LogP contribution in [0.1, 0.15) is 27.4 Å². The predicted molar refractivity (Wildman–Crippen MR) is 112 cm³/mol. The average molecular weight is 443 g/mol. The lowest BCUT2D eigenvalue weighted by Crippen LogP contribution is -2.24. The van der Waals surface area contributed by atoms with Crippen molar-refractivity contribution in [3.63, 3.8) is 0 Å². The molecule has 0 aliphatic heterocycles. The molecule has 1 amide bonds. The van der Waals surface area contributed by atoms with Gasteiger partial charge in [-0.15, -0.1) is 11.3 Å². The van der Waals surface area contributed by atoms with Crippen LogP contribution < -0.4 is 10.6 Å². The number of nitrogens with zero attached hydrogens (tertiary/aromatic N) is 3. The van der Waals surface area contributed by atoms with E-state index in [0.717, 1.165) is 17.5 Å². The van der Waals surface area contributed by atoms with Gasteiger partial charge in [-0.3, -0.25) is 4.79 Å². The van der Waals surface area contributed by atoms with Crippen molar-refractivity contribution in [1.29, 1.82) is 0 Å². The number of aromatic nitrogens is 3. The Morgan fingerprint density at radius 1 is 1.03 bits per heavy atom. The normalized spacial score (nSPS) is 11.5. The van der Waals surface area contributed by atoms with Crippen molar-refractivity contribution >= 4 is 34.0 Å². The summed E-state index contributed by atoms with van der Waals surface area (Å²) in [5.74, 6) is 0.506. The molecule has 0 saturated carbocycles. The number of halogens is 3. The maximum absolute atomic E-state index is 13.0. The van der Waals surface area contributed by atoms with E-state index in [9.17, 15) is 18.0 Å². The Hall–Kier alpha value is -3.53. The van der Waals surface area contributed by atoms with Gasteiger partial charge in [-0.1, -0.05) is 24.3 Å². The van der Waals surface area contributed by atoms with E-state index < -0.39 is 11.7 Å².